The van der Waals surface area contributed by atoms with Crippen molar-refractivity contribution in [3.63, 3.8) is 0 Å². The number of aryl methyl sites for hydroxylation is 1. The summed E-state index contributed by atoms with van der Waals surface area (Å²) in [7, 11) is 0. The zero-order valence-electron chi connectivity index (χ0n) is 6.64. The van der Waals surface area contributed by atoms with E-state index in [9.17, 15) is 0 Å². The average molecular weight is 211 g/mol. The summed E-state index contributed by atoms with van der Waals surface area (Å²) in [6.07, 6.45) is 1.00. The van der Waals surface area contributed by atoms with E-state index >= 15 is 0 Å². The van der Waals surface area contributed by atoms with E-state index in [0.29, 0.717) is 0 Å². The minimum atomic E-state index is 0. The first-order valence-electron chi connectivity index (χ1n) is 3.70. The van der Waals surface area contributed by atoms with Gasteiger partial charge in [0.2, 0.25) is 0 Å². The number of benzene rings is 1. The van der Waals surface area contributed by atoms with E-state index in [1.54, 1.807) is 0 Å². The fraction of sp³-hybridized carbons (Fsp3) is 0.250. The first kappa shape index (κ1) is 9.23. The molecule has 0 aliphatic heterocycles. The van der Waals surface area contributed by atoms with Crippen LogP contribution < -0.4 is 0 Å². The molecule has 1 radical (unpaired) electrons. The average Bonchev–Trinajstić information content (AvgIpc) is 2.50. The largest absolute Gasteiger partial charge is 0.258 e. The van der Waals surface area contributed by atoms with Crippen molar-refractivity contribution in [3.8, 4) is 0 Å². The van der Waals surface area contributed by atoms with Crippen molar-refractivity contribution >= 4 is 11.0 Å². The van der Waals surface area contributed by atoms with Crippen molar-refractivity contribution in [3.05, 3.63) is 23.8 Å². The quantitative estimate of drug-likeness (QED) is 0.726. The molecule has 0 spiro atoms. The number of H-pyrrole nitrogens is 1. The van der Waals surface area contributed by atoms with Gasteiger partial charge < -0.3 is 0 Å². The smallest absolute Gasteiger partial charge is 0.116 e. The van der Waals surface area contributed by atoms with Crippen LogP contribution in [0.5, 0.6) is 0 Å². The van der Waals surface area contributed by atoms with Gasteiger partial charge in [0.25, 0.3) is 0 Å². The number of nitrogens with one attached hydrogen (secondary N) is 1. The summed E-state index contributed by atoms with van der Waals surface area (Å²) in [6, 6.07) is 6.07. The molecule has 67 valence electrons. The number of fused-ring (bicyclic) bond motifs is 1. The van der Waals surface area contributed by atoms with Crippen LogP contribution in [0.15, 0.2) is 18.2 Å². The molecule has 1 heterocycles. The van der Waals surface area contributed by atoms with E-state index < -0.39 is 0 Å². The van der Waals surface area contributed by atoms with Crippen LogP contribution in [0.25, 0.3) is 11.0 Å². The van der Waals surface area contributed by atoms with Crippen LogP contribution in [0.4, 0.5) is 0 Å². The second kappa shape index (κ2) is 3.70. The Morgan fingerprint density at radius 2 is 2.25 bits per heavy atom. The molecule has 0 atom stereocenters. The van der Waals surface area contributed by atoms with Gasteiger partial charge in [0.1, 0.15) is 5.52 Å². The Kier molecular flexibility index (Phi) is 2.84. The van der Waals surface area contributed by atoms with Crippen molar-refractivity contribution in [2.24, 2.45) is 0 Å². The molecule has 4 heteroatoms. The summed E-state index contributed by atoms with van der Waals surface area (Å²) < 4.78 is 0. The molecule has 0 aliphatic rings. The number of hydrogen-bond donors (Lipinski definition) is 1. The summed E-state index contributed by atoms with van der Waals surface area (Å²) in [4.78, 5) is 0. The Balaban J connectivity index is 0.000000720. The van der Waals surface area contributed by atoms with Gasteiger partial charge in [0.05, 0.1) is 5.52 Å². The molecule has 0 fully saturated rings. The summed E-state index contributed by atoms with van der Waals surface area (Å²) in [5.41, 5.74) is 3.26. The molecule has 0 saturated heterocycles. The van der Waals surface area contributed by atoms with E-state index in [1.165, 1.54) is 5.56 Å². The first-order chi connectivity index (χ1) is 5.42. The van der Waals surface area contributed by atoms with Crippen LogP contribution in [0.1, 0.15) is 12.5 Å². The van der Waals surface area contributed by atoms with Crippen LogP contribution in [0.2, 0.25) is 0 Å². The molecule has 0 amide bonds. The maximum atomic E-state index is 3.98. The summed E-state index contributed by atoms with van der Waals surface area (Å²) >= 11 is 0. The molecule has 2 aromatic rings. The molecule has 1 aromatic carbocycles. The van der Waals surface area contributed by atoms with Gasteiger partial charge in [0, 0.05) is 17.1 Å². The molecule has 0 bridgehead atoms. The third kappa shape index (κ3) is 1.35. The topological polar surface area (TPSA) is 41.6 Å². The summed E-state index contributed by atoms with van der Waals surface area (Å²) in [5, 5.41) is 10.6. The Labute approximate surface area is 81.0 Å². The molecular weight excluding hydrogens is 202 g/mol. The summed E-state index contributed by atoms with van der Waals surface area (Å²) in [6.45, 7) is 2.11. The van der Waals surface area contributed by atoms with Gasteiger partial charge in [-0.05, 0) is 18.1 Å². The Bertz CT molecular complexity index is 369. The monoisotopic (exact) mass is 210 g/mol. The fourth-order valence-corrected chi connectivity index (χ4v) is 1.21. The second-order valence-electron chi connectivity index (χ2n) is 2.48. The number of aromatic amines is 1. The molecule has 3 nitrogen and oxygen atoms in total. The minimum absolute atomic E-state index is 0. The van der Waals surface area contributed by atoms with E-state index in [0.717, 1.165) is 17.5 Å². The van der Waals surface area contributed by atoms with Crippen molar-refractivity contribution in [1.82, 2.24) is 15.4 Å². The third-order valence-corrected chi connectivity index (χ3v) is 1.82. The maximum Gasteiger partial charge on any atom is 0.116 e. The number of nitrogens with zero attached hydrogens (tertiary/aromatic N) is 2. The van der Waals surface area contributed by atoms with Crippen LogP contribution in [0.3, 0.4) is 0 Å². The van der Waals surface area contributed by atoms with Gasteiger partial charge in [-0.3, -0.25) is 5.10 Å². The van der Waals surface area contributed by atoms with Gasteiger partial charge >= 0.3 is 0 Å². The minimum Gasteiger partial charge on any atom is -0.258 e. The van der Waals surface area contributed by atoms with Crippen molar-refractivity contribution in [1.29, 1.82) is 0 Å². The summed E-state index contributed by atoms with van der Waals surface area (Å²) in [5.74, 6) is 0. The van der Waals surface area contributed by atoms with Gasteiger partial charge in [-0.1, -0.05) is 24.3 Å². The van der Waals surface area contributed by atoms with Gasteiger partial charge in [-0.2, -0.15) is 0 Å². The molecule has 2 rings (SSSR count). The predicted molar refractivity (Wildman–Crippen MR) is 43.3 cm³/mol. The third-order valence-electron chi connectivity index (χ3n) is 1.82. The molecule has 0 saturated carbocycles. The molecule has 1 aromatic heterocycles. The van der Waals surface area contributed by atoms with E-state index in [4.69, 9.17) is 0 Å². The first-order valence-corrected chi connectivity index (χ1v) is 3.70. The van der Waals surface area contributed by atoms with Crippen molar-refractivity contribution in [2.75, 3.05) is 0 Å². The predicted octanol–water partition coefficient (Wildman–Crippen LogP) is 1.52. The number of aromatic nitrogens is 3. The standard InChI is InChI=1S/C8H9N3.Cu/c1-2-6-4-3-5-7-8(6)10-11-9-7;/h3-5H,2H2,1H3,(H,9,10,11);. The Morgan fingerprint density at radius 1 is 1.42 bits per heavy atom. The molecule has 12 heavy (non-hydrogen) atoms. The van der Waals surface area contributed by atoms with E-state index in [1.807, 2.05) is 12.1 Å². The second-order valence-corrected chi connectivity index (χ2v) is 2.48. The van der Waals surface area contributed by atoms with Crippen LogP contribution in [-0.2, 0) is 23.5 Å². The Morgan fingerprint density at radius 3 is 3.00 bits per heavy atom. The fourth-order valence-electron chi connectivity index (χ4n) is 1.21. The molecule has 1 N–H and O–H groups in total. The maximum absolute atomic E-state index is 3.98. The molecule has 0 aliphatic carbocycles. The molecular formula is C8H9CuN3. The van der Waals surface area contributed by atoms with E-state index in [-0.39, 0.29) is 17.1 Å². The zero-order valence-corrected chi connectivity index (χ0v) is 7.58. The van der Waals surface area contributed by atoms with Gasteiger partial charge in [-0.15, -0.1) is 5.10 Å². The van der Waals surface area contributed by atoms with Crippen LogP contribution in [0, 0.1) is 0 Å². The SMILES string of the molecule is CCc1cccc2[nH]nnc12.[Cu]. The van der Waals surface area contributed by atoms with Crippen molar-refractivity contribution < 1.29 is 17.1 Å². The van der Waals surface area contributed by atoms with Crippen LogP contribution in [-0.4, -0.2) is 15.4 Å². The van der Waals surface area contributed by atoms with E-state index in [2.05, 4.69) is 28.4 Å². The van der Waals surface area contributed by atoms with Crippen LogP contribution >= 0.6 is 0 Å². The Hall–Kier alpha value is -0.861. The number of hydrogen-bond acceptors (Lipinski definition) is 2. The molecule has 0 unspecified atom stereocenters. The van der Waals surface area contributed by atoms with Gasteiger partial charge in [-0.25, -0.2) is 0 Å². The normalized spacial score (nSPS) is 9.75. The number of rotatable bonds is 1. The van der Waals surface area contributed by atoms with Crippen molar-refractivity contribution in [2.45, 2.75) is 13.3 Å². The van der Waals surface area contributed by atoms with Gasteiger partial charge in [0.15, 0.2) is 0 Å². The zero-order chi connectivity index (χ0) is 7.68.